The van der Waals surface area contributed by atoms with Crippen molar-refractivity contribution in [1.29, 1.82) is 0 Å². The van der Waals surface area contributed by atoms with Gasteiger partial charge in [0.15, 0.2) is 9.84 Å². The molecule has 6 heteroatoms. The van der Waals surface area contributed by atoms with Crippen LogP contribution in [0.15, 0.2) is 18.2 Å². The topological polar surface area (TPSA) is 63.4 Å². The molecule has 0 spiro atoms. The normalized spacial score (nSPS) is 24.0. The van der Waals surface area contributed by atoms with Crippen LogP contribution in [0.3, 0.4) is 0 Å². The predicted molar refractivity (Wildman–Crippen MR) is 74.4 cm³/mol. The summed E-state index contributed by atoms with van der Waals surface area (Å²) in [5.41, 5.74) is 7.36. The van der Waals surface area contributed by atoms with Gasteiger partial charge in [0, 0.05) is 29.8 Å². The van der Waals surface area contributed by atoms with Gasteiger partial charge in [0.2, 0.25) is 0 Å². The predicted octanol–water partition coefficient (Wildman–Crippen LogP) is 1.54. The lowest BCUT2D eigenvalue weighted by atomic mass is 10.1. The summed E-state index contributed by atoms with van der Waals surface area (Å²) in [6, 6.07) is 5.40. The van der Waals surface area contributed by atoms with Crippen molar-refractivity contribution in [1.82, 2.24) is 4.90 Å². The second-order valence-electron chi connectivity index (χ2n) is 4.78. The first-order valence-electron chi connectivity index (χ1n) is 5.86. The van der Waals surface area contributed by atoms with Crippen molar-refractivity contribution in [3.05, 3.63) is 28.8 Å². The number of hydrogen-bond acceptors (Lipinski definition) is 4. The van der Waals surface area contributed by atoms with Crippen molar-refractivity contribution in [3.63, 3.8) is 0 Å². The number of halogens is 1. The minimum Gasteiger partial charge on any atom is -0.399 e. The quantitative estimate of drug-likeness (QED) is 0.839. The van der Waals surface area contributed by atoms with E-state index in [0.29, 0.717) is 23.8 Å². The zero-order chi connectivity index (χ0) is 13.3. The summed E-state index contributed by atoms with van der Waals surface area (Å²) in [5.74, 6) is 0.435. The molecule has 1 unspecified atom stereocenters. The molecule has 2 rings (SSSR count). The minimum absolute atomic E-state index is 0.0150. The third kappa shape index (κ3) is 3.16. The van der Waals surface area contributed by atoms with E-state index in [4.69, 9.17) is 17.3 Å². The van der Waals surface area contributed by atoms with Gasteiger partial charge in [-0.05, 0) is 30.7 Å². The van der Waals surface area contributed by atoms with Crippen LogP contribution < -0.4 is 5.73 Å². The van der Waals surface area contributed by atoms with Crippen LogP contribution in [0.25, 0.3) is 0 Å². The lowest BCUT2D eigenvalue weighted by Gasteiger charge is -2.33. The first-order valence-corrected chi connectivity index (χ1v) is 8.06. The lowest BCUT2D eigenvalue weighted by molar-refractivity contribution is 0.218. The Balaban J connectivity index is 2.12. The molecule has 18 heavy (non-hydrogen) atoms. The highest BCUT2D eigenvalue weighted by Crippen LogP contribution is 2.23. The summed E-state index contributed by atoms with van der Waals surface area (Å²) in [5, 5.41) is 0.671. The molecule has 0 aromatic heterocycles. The van der Waals surface area contributed by atoms with Crippen molar-refractivity contribution < 1.29 is 8.42 Å². The SMILES string of the molecule is CC1CS(=O)(=O)CCN1Cc1cc(N)ccc1Cl. The molecule has 1 atom stereocenters. The smallest absolute Gasteiger partial charge is 0.153 e. The molecule has 0 radical (unpaired) electrons. The fraction of sp³-hybridized carbons (Fsp3) is 0.500. The number of nitrogen functional groups attached to an aromatic ring is 1. The van der Waals surface area contributed by atoms with Gasteiger partial charge in [0.1, 0.15) is 0 Å². The number of nitrogens with two attached hydrogens (primary N) is 1. The molecule has 1 aliphatic heterocycles. The Hall–Kier alpha value is -0.780. The van der Waals surface area contributed by atoms with Crippen molar-refractivity contribution in [3.8, 4) is 0 Å². The van der Waals surface area contributed by atoms with E-state index in [-0.39, 0.29) is 17.5 Å². The first kappa shape index (κ1) is 13.6. The maximum atomic E-state index is 11.5. The van der Waals surface area contributed by atoms with Gasteiger partial charge in [-0.15, -0.1) is 0 Å². The highest BCUT2D eigenvalue weighted by Gasteiger charge is 2.28. The molecule has 0 bridgehead atoms. The molecule has 1 saturated heterocycles. The van der Waals surface area contributed by atoms with Gasteiger partial charge in [0.05, 0.1) is 11.5 Å². The Morgan fingerprint density at radius 3 is 2.89 bits per heavy atom. The average molecular weight is 289 g/mol. The standard InChI is InChI=1S/C12H17ClN2O2S/c1-9-8-18(16,17)5-4-15(9)7-10-6-11(14)2-3-12(10)13/h2-3,6,9H,4-5,7-8,14H2,1H3. The Morgan fingerprint density at radius 2 is 2.22 bits per heavy atom. The van der Waals surface area contributed by atoms with Gasteiger partial charge in [-0.3, -0.25) is 4.90 Å². The molecular weight excluding hydrogens is 272 g/mol. The van der Waals surface area contributed by atoms with E-state index in [1.54, 1.807) is 12.1 Å². The van der Waals surface area contributed by atoms with Crippen molar-refractivity contribution >= 4 is 27.1 Å². The highest BCUT2D eigenvalue weighted by molar-refractivity contribution is 7.91. The summed E-state index contributed by atoms with van der Waals surface area (Å²) in [6.45, 7) is 3.12. The van der Waals surface area contributed by atoms with Crippen LogP contribution in [0, 0.1) is 0 Å². The molecule has 1 aromatic rings. The van der Waals surface area contributed by atoms with E-state index in [1.807, 2.05) is 13.0 Å². The monoisotopic (exact) mass is 288 g/mol. The summed E-state index contributed by atoms with van der Waals surface area (Å²) in [4.78, 5) is 2.13. The third-order valence-electron chi connectivity index (χ3n) is 3.25. The molecule has 1 aromatic carbocycles. The molecule has 1 fully saturated rings. The van der Waals surface area contributed by atoms with Crippen LogP contribution >= 0.6 is 11.6 Å². The van der Waals surface area contributed by atoms with Gasteiger partial charge in [-0.25, -0.2) is 8.42 Å². The Labute approximate surface area is 113 Å². The Bertz CT molecular complexity index is 545. The zero-order valence-corrected chi connectivity index (χ0v) is 11.8. The second-order valence-corrected chi connectivity index (χ2v) is 7.42. The molecule has 0 aliphatic carbocycles. The molecule has 1 aliphatic rings. The summed E-state index contributed by atoms with van der Waals surface area (Å²) >= 11 is 6.12. The maximum absolute atomic E-state index is 11.5. The average Bonchev–Trinajstić information content (AvgIpc) is 2.26. The van der Waals surface area contributed by atoms with E-state index < -0.39 is 9.84 Å². The zero-order valence-electron chi connectivity index (χ0n) is 10.3. The van der Waals surface area contributed by atoms with Crippen LogP contribution in [0.1, 0.15) is 12.5 Å². The maximum Gasteiger partial charge on any atom is 0.153 e. The van der Waals surface area contributed by atoms with E-state index in [9.17, 15) is 8.42 Å². The molecular formula is C12H17ClN2O2S. The number of hydrogen-bond donors (Lipinski definition) is 1. The molecule has 0 saturated carbocycles. The molecule has 2 N–H and O–H groups in total. The van der Waals surface area contributed by atoms with Crippen LogP contribution in [-0.4, -0.2) is 37.4 Å². The summed E-state index contributed by atoms with van der Waals surface area (Å²) in [7, 11) is -2.87. The summed E-state index contributed by atoms with van der Waals surface area (Å²) in [6.07, 6.45) is 0. The number of nitrogens with zero attached hydrogens (tertiary/aromatic N) is 1. The minimum atomic E-state index is -2.87. The molecule has 100 valence electrons. The first-order chi connectivity index (χ1) is 8.37. The van der Waals surface area contributed by atoms with Crippen molar-refractivity contribution in [2.24, 2.45) is 0 Å². The van der Waals surface area contributed by atoms with Gasteiger partial charge >= 0.3 is 0 Å². The largest absolute Gasteiger partial charge is 0.399 e. The fourth-order valence-electron chi connectivity index (χ4n) is 2.20. The third-order valence-corrected chi connectivity index (χ3v) is 5.41. The van der Waals surface area contributed by atoms with E-state index in [2.05, 4.69) is 4.90 Å². The molecule has 0 amide bonds. The van der Waals surface area contributed by atoms with Crippen LogP contribution in [0.4, 0.5) is 5.69 Å². The number of benzene rings is 1. The van der Waals surface area contributed by atoms with Gasteiger partial charge in [-0.1, -0.05) is 11.6 Å². The van der Waals surface area contributed by atoms with Gasteiger partial charge in [-0.2, -0.15) is 0 Å². The second kappa shape index (κ2) is 5.07. The van der Waals surface area contributed by atoms with Crippen LogP contribution in [-0.2, 0) is 16.4 Å². The fourth-order valence-corrected chi connectivity index (χ4v) is 4.00. The Kier molecular flexibility index (Phi) is 3.84. The molecule has 1 heterocycles. The highest BCUT2D eigenvalue weighted by atomic mass is 35.5. The Morgan fingerprint density at radius 1 is 1.50 bits per heavy atom. The number of anilines is 1. The van der Waals surface area contributed by atoms with Crippen LogP contribution in [0.2, 0.25) is 5.02 Å². The molecule has 4 nitrogen and oxygen atoms in total. The number of rotatable bonds is 2. The number of sulfone groups is 1. The van der Waals surface area contributed by atoms with E-state index >= 15 is 0 Å². The van der Waals surface area contributed by atoms with Crippen molar-refractivity contribution in [2.75, 3.05) is 23.8 Å². The van der Waals surface area contributed by atoms with E-state index in [0.717, 1.165) is 5.56 Å². The van der Waals surface area contributed by atoms with Crippen LogP contribution in [0.5, 0.6) is 0 Å². The lowest BCUT2D eigenvalue weighted by Crippen LogP contribution is -2.46. The van der Waals surface area contributed by atoms with Gasteiger partial charge < -0.3 is 5.73 Å². The van der Waals surface area contributed by atoms with Crippen molar-refractivity contribution in [2.45, 2.75) is 19.5 Å². The van der Waals surface area contributed by atoms with E-state index in [1.165, 1.54) is 0 Å². The van der Waals surface area contributed by atoms with Gasteiger partial charge in [0.25, 0.3) is 0 Å². The summed E-state index contributed by atoms with van der Waals surface area (Å²) < 4.78 is 23.0.